The van der Waals surface area contributed by atoms with Gasteiger partial charge in [-0.1, -0.05) is 0 Å². The first-order valence-electron chi connectivity index (χ1n) is 7.55. The minimum absolute atomic E-state index is 0.124. The van der Waals surface area contributed by atoms with Crippen molar-refractivity contribution in [1.29, 1.82) is 0 Å². The Kier molecular flexibility index (Phi) is 8.90. The lowest BCUT2D eigenvalue weighted by atomic mass is 9.99. The smallest absolute Gasteiger partial charge is 0.189 e. The SMILES string of the molecule is C[C@H](OC(CO)C(O)[C@@H](O)CO)OC1OC(CN)C(O)C(O)C1O. The zero-order valence-electron chi connectivity index (χ0n) is 13.3. The van der Waals surface area contributed by atoms with E-state index in [1.54, 1.807) is 0 Å². The van der Waals surface area contributed by atoms with Crippen molar-refractivity contribution < 1.29 is 50.0 Å². The summed E-state index contributed by atoms with van der Waals surface area (Å²) in [5.74, 6) is 0. The molecule has 0 aromatic heterocycles. The van der Waals surface area contributed by atoms with E-state index in [4.69, 9.17) is 25.1 Å². The maximum absolute atomic E-state index is 9.87. The van der Waals surface area contributed by atoms with E-state index in [1.165, 1.54) is 6.92 Å². The minimum atomic E-state index is -1.58. The first kappa shape index (κ1) is 21.6. The maximum atomic E-state index is 9.87. The Hall–Kier alpha value is -0.440. The highest BCUT2D eigenvalue weighted by Crippen LogP contribution is 2.23. The maximum Gasteiger partial charge on any atom is 0.189 e. The fraction of sp³-hybridized carbons (Fsp3) is 1.00. The first-order chi connectivity index (χ1) is 11.3. The predicted octanol–water partition coefficient (Wildman–Crippen LogP) is -4.79. The fourth-order valence-corrected chi connectivity index (χ4v) is 2.28. The summed E-state index contributed by atoms with van der Waals surface area (Å²) >= 11 is 0. The van der Waals surface area contributed by atoms with Crippen molar-refractivity contribution >= 4 is 0 Å². The lowest BCUT2D eigenvalue weighted by Crippen LogP contribution is -2.60. The summed E-state index contributed by atoms with van der Waals surface area (Å²) in [6.45, 7) is -0.165. The molecular weight excluding hydrogens is 330 g/mol. The molecule has 1 fully saturated rings. The van der Waals surface area contributed by atoms with Gasteiger partial charge in [0.2, 0.25) is 0 Å². The van der Waals surface area contributed by atoms with Crippen LogP contribution in [0, 0.1) is 0 Å². The molecule has 144 valence electrons. The van der Waals surface area contributed by atoms with Gasteiger partial charge in [0.25, 0.3) is 0 Å². The Morgan fingerprint density at radius 3 is 2.17 bits per heavy atom. The molecule has 9 atom stereocenters. The van der Waals surface area contributed by atoms with Gasteiger partial charge in [-0.25, -0.2) is 0 Å². The third-order valence-corrected chi connectivity index (χ3v) is 3.74. The standard InChI is InChI=1S/C13H27NO10/c1-5(22-8(4-16)9(18)6(17)3-15)23-13-12(21)11(20)10(19)7(2-14)24-13/h5-13,15-21H,2-4,14H2,1H3/t5-,6+,7?,8?,9?,10?,11?,12?,13?/m1/s1. The number of hydrogen-bond donors (Lipinski definition) is 8. The molecule has 0 amide bonds. The highest BCUT2D eigenvalue weighted by atomic mass is 16.8. The number of hydrogen-bond acceptors (Lipinski definition) is 11. The zero-order valence-corrected chi connectivity index (χ0v) is 13.3. The van der Waals surface area contributed by atoms with E-state index in [0.717, 1.165) is 0 Å². The molecule has 0 saturated carbocycles. The molecule has 1 saturated heterocycles. The van der Waals surface area contributed by atoms with E-state index in [9.17, 15) is 30.6 Å². The summed E-state index contributed by atoms with van der Waals surface area (Å²) in [6, 6.07) is 0. The van der Waals surface area contributed by atoms with Crippen LogP contribution in [-0.2, 0) is 14.2 Å². The molecule has 1 rings (SSSR count). The predicted molar refractivity (Wildman–Crippen MR) is 77.3 cm³/mol. The van der Waals surface area contributed by atoms with E-state index in [1.807, 2.05) is 0 Å². The van der Waals surface area contributed by atoms with Crippen molar-refractivity contribution in [3.05, 3.63) is 0 Å². The van der Waals surface area contributed by atoms with Gasteiger partial charge in [-0.05, 0) is 6.92 Å². The number of aliphatic hydroxyl groups is 7. The third kappa shape index (κ3) is 5.28. The van der Waals surface area contributed by atoms with Gasteiger partial charge < -0.3 is 55.7 Å². The molecule has 0 aromatic rings. The molecule has 11 heteroatoms. The van der Waals surface area contributed by atoms with Crippen LogP contribution in [0.5, 0.6) is 0 Å². The van der Waals surface area contributed by atoms with Crippen molar-refractivity contribution in [2.75, 3.05) is 19.8 Å². The van der Waals surface area contributed by atoms with E-state index in [-0.39, 0.29) is 6.54 Å². The van der Waals surface area contributed by atoms with Crippen LogP contribution in [0.2, 0.25) is 0 Å². The van der Waals surface area contributed by atoms with Crippen molar-refractivity contribution in [3.63, 3.8) is 0 Å². The fourth-order valence-electron chi connectivity index (χ4n) is 2.28. The van der Waals surface area contributed by atoms with Crippen LogP contribution in [0.15, 0.2) is 0 Å². The summed E-state index contributed by atoms with van der Waals surface area (Å²) < 4.78 is 15.7. The van der Waals surface area contributed by atoms with Crippen molar-refractivity contribution in [1.82, 2.24) is 0 Å². The molecule has 7 unspecified atom stereocenters. The van der Waals surface area contributed by atoms with Crippen LogP contribution < -0.4 is 5.73 Å². The van der Waals surface area contributed by atoms with Gasteiger partial charge in [-0.15, -0.1) is 0 Å². The van der Waals surface area contributed by atoms with Gasteiger partial charge in [0.1, 0.15) is 42.7 Å². The van der Waals surface area contributed by atoms with Crippen molar-refractivity contribution in [2.24, 2.45) is 5.73 Å². The topological polar surface area (TPSA) is 195 Å². The lowest BCUT2D eigenvalue weighted by molar-refractivity contribution is -0.338. The van der Waals surface area contributed by atoms with Crippen LogP contribution in [0.1, 0.15) is 6.92 Å². The molecule has 0 aromatic carbocycles. The molecule has 1 aliphatic heterocycles. The average molecular weight is 357 g/mol. The lowest BCUT2D eigenvalue weighted by Gasteiger charge is -2.41. The van der Waals surface area contributed by atoms with E-state index in [2.05, 4.69) is 0 Å². The van der Waals surface area contributed by atoms with Gasteiger partial charge >= 0.3 is 0 Å². The second kappa shape index (κ2) is 9.89. The molecule has 0 spiro atoms. The average Bonchev–Trinajstić information content (AvgIpc) is 2.58. The normalized spacial score (nSPS) is 36.1. The van der Waals surface area contributed by atoms with E-state index >= 15 is 0 Å². The Bertz CT molecular complexity index is 360. The van der Waals surface area contributed by atoms with Crippen LogP contribution >= 0.6 is 0 Å². The van der Waals surface area contributed by atoms with Crippen LogP contribution in [0.3, 0.4) is 0 Å². The number of rotatable bonds is 9. The van der Waals surface area contributed by atoms with E-state index in [0.29, 0.717) is 0 Å². The van der Waals surface area contributed by atoms with Gasteiger partial charge in [-0.3, -0.25) is 0 Å². The Labute approximate surface area is 138 Å². The summed E-state index contributed by atoms with van der Waals surface area (Å²) in [5.41, 5.74) is 5.40. The van der Waals surface area contributed by atoms with Gasteiger partial charge in [-0.2, -0.15) is 0 Å². The third-order valence-electron chi connectivity index (χ3n) is 3.74. The summed E-state index contributed by atoms with van der Waals surface area (Å²) in [4.78, 5) is 0. The van der Waals surface area contributed by atoms with Crippen LogP contribution in [0.4, 0.5) is 0 Å². The molecule has 0 aliphatic carbocycles. The quantitative estimate of drug-likeness (QED) is 0.184. The summed E-state index contributed by atoms with van der Waals surface area (Å²) in [6.07, 6.45) is -12.3. The number of ether oxygens (including phenoxy) is 3. The molecule has 0 bridgehead atoms. The van der Waals surface area contributed by atoms with Crippen molar-refractivity contribution in [3.8, 4) is 0 Å². The molecule has 1 aliphatic rings. The van der Waals surface area contributed by atoms with Crippen LogP contribution in [-0.4, -0.2) is 111 Å². The van der Waals surface area contributed by atoms with E-state index < -0.39 is 68.5 Å². The van der Waals surface area contributed by atoms with Crippen LogP contribution in [0.25, 0.3) is 0 Å². The molecular formula is C13H27NO10. The molecule has 0 radical (unpaired) electrons. The first-order valence-corrected chi connectivity index (χ1v) is 7.55. The highest BCUT2D eigenvalue weighted by molar-refractivity contribution is 4.89. The largest absolute Gasteiger partial charge is 0.394 e. The second-order valence-corrected chi connectivity index (χ2v) is 5.55. The molecule has 9 N–H and O–H groups in total. The monoisotopic (exact) mass is 357 g/mol. The number of aliphatic hydroxyl groups excluding tert-OH is 7. The van der Waals surface area contributed by atoms with Crippen molar-refractivity contribution in [2.45, 2.75) is 62.2 Å². The molecule has 1 heterocycles. The molecule has 11 nitrogen and oxygen atoms in total. The van der Waals surface area contributed by atoms with Gasteiger partial charge in [0.15, 0.2) is 12.6 Å². The summed E-state index contributed by atoms with van der Waals surface area (Å²) in [7, 11) is 0. The Balaban J connectivity index is 2.63. The van der Waals surface area contributed by atoms with Gasteiger partial charge in [0, 0.05) is 6.54 Å². The Morgan fingerprint density at radius 2 is 1.67 bits per heavy atom. The summed E-state index contributed by atoms with van der Waals surface area (Å²) in [5, 5.41) is 66.4. The Morgan fingerprint density at radius 1 is 1.04 bits per heavy atom. The molecule has 24 heavy (non-hydrogen) atoms. The minimum Gasteiger partial charge on any atom is -0.394 e. The zero-order chi connectivity index (χ0) is 18.4. The highest BCUT2D eigenvalue weighted by Gasteiger charge is 2.44. The number of nitrogens with two attached hydrogens (primary N) is 1. The van der Waals surface area contributed by atoms with Gasteiger partial charge in [0.05, 0.1) is 13.2 Å². The second-order valence-electron chi connectivity index (χ2n) is 5.55.